The lowest BCUT2D eigenvalue weighted by Gasteiger charge is -2.15. The Morgan fingerprint density at radius 1 is 0.903 bits per heavy atom. The summed E-state index contributed by atoms with van der Waals surface area (Å²) < 4.78 is 10.7. The zero-order valence-electron chi connectivity index (χ0n) is 17.2. The summed E-state index contributed by atoms with van der Waals surface area (Å²) in [6, 6.07) is 18.0. The molecule has 1 aromatic heterocycles. The van der Waals surface area contributed by atoms with E-state index in [-0.39, 0.29) is 23.7 Å². The summed E-state index contributed by atoms with van der Waals surface area (Å²) in [5.41, 5.74) is 2.52. The summed E-state index contributed by atoms with van der Waals surface area (Å²) in [5, 5.41) is 3.13. The molecule has 0 aliphatic carbocycles. The molecule has 1 N–H and O–H groups in total. The number of nitrogens with one attached hydrogen (secondary N) is 1. The molecule has 7 nitrogen and oxygen atoms in total. The van der Waals surface area contributed by atoms with Crippen LogP contribution < -0.4 is 14.8 Å². The zero-order valence-corrected chi connectivity index (χ0v) is 17.2. The number of pyridine rings is 1. The molecule has 2 amide bonds. The van der Waals surface area contributed by atoms with E-state index in [0.717, 1.165) is 5.56 Å². The summed E-state index contributed by atoms with van der Waals surface area (Å²) in [4.78, 5) is 32.0. The van der Waals surface area contributed by atoms with Crippen molar-refractivity contribution in [2.45, 2.75) is 6.54 Å². The first kappa shape index (κ1) is 20.2. The third-order valence-electron chi connectivity index (χ3n) is 4.95. The van der Waals surface area contributed by atoms with Crippen molar-refractivity contribution in [1.82, 2.24) is 9.88 Å². The number of anilines is 1. The Morgan fingerprint density at radius 3 is 2.35 bits per heavy atom. The van der Waals surface area contributed by atoms with E-state index in [1.807, 2.05) is 36.4 Å². The second kappa shape index (κ2) is 8.71. The molecule has 1 aliphatic heterocycles. The number of ether oxygens (including phenoxy) is 2. The summed E-state index contributed by atoms with van der Waals surface area (Å²) in [7, 11) is 3.06. The van der Waals surface area contributed by atoms with E-state index in [1.54, 1.807) is 43.8 Å². The standard InChI is InChI=1S/C24H21N3O4/c1-30-19-11-10-17(13-20(19)31-2)21-22(26-18-8-4-3-5-9-18)24(29)27(23(21)28)15-16-7-6-12-25-14-16/h3-14,26H,15H2,1-2H3. The third kappa shape index (κ3) is 3.98. The van der Waals surface area contributed by atoms with Gasteiger partial charge < -0.3 is 14.8 Å². The molecule has 156 valence electrons. The van der Waals surface area contributed by atoms with Crippen LogP contribution in [-0.2, 0) is 16.1 Å². The largest absolute Gasteiger partial charge is 0.493 e. The van der Waals surface area contributed by atoms with E-state index >= 15 is 0 Å². The van der Waals surface area contributed by atoms with Crippen LogP contribution in [0.15, 0.2) is 78.8 Å². The Hall–Kier alpha value is -4.13. The molecule has 0 saturated heterocycles. The van der Waals surface area contributed by atoms with E-state index in [0.29, 0.717) is 22.7 Å². The minimum Gasteiger partial charge on any atom is -0.493 e. The van der Waals surface area contributed by atoms with Gasteiger partial charge in [0.1, 0.15) is 5.70 Å². The molecule has 4 rings (SSSR count). The summed E-state index contributed by atoms with van der Waals surface area (Å²) in [5.74, 6) is 0.216. The average molecular weight is 415 g/mol. The monoisotopic (exact) mass is 415 g/mol. The molecule has 0 fully saturated rings. The van der Waals surface area contributed by atoms with Crippen LogP contribution in [0.1, 0.15) is 11.1 Å². The molecule has 7 heteroatoms. The average Bonchev–Trinajstić information content (AvgIpc) is 3.04. The number of benzene rings is 2. The van der Waals surface area contributed by atoms with Crippen LogP contribution in [0.2, 0.25) is 0 Å². The van der Waals surface area contributed by atoms with Gasteiger partial charge in [0.25, 0.3) is 11.8 Å². The van der Waals surface area contributed by atoms with Gasteiger partial charge in [-0.25, -0.2) is 0 Å². The van der Waals surface area contributed by atoms with E-state index < -0.39 is 5.91 Å². The number of carbonyl (C=O) groups is 2. The van der Waals surface area contributed by atoms with Crippen molar-refractivity contribution in [3.8, 4) is 11.5 Å². The van der Waals surface area contributed by atoms with Crippen molar-refractivity contribution in [3.63, 3.8) is 0 Å². The maximum absolute atomic E-state index is 13.4. The van der Waals surface area contributed by atoms with Gasteiger partial charge in [-0.05, 0) is 41.5 Å². The van der Waals surface area contributed by atoms with Crippen molar-refractivity contribution in [3.05, 3.63) is 89.9 Å². The fourth-order valence-electron chi connectivity index (χ4n) is 3.44. The van der Waals surface area contributed by atoms with Gasteiger partial charge in [0.2, 0.25) is 0 Å². The Balaban J connectivity index is 1.78. The highest BCUT2D eigenvalue weighted by Gasteiger charge is 2.39. The normalized spacial score (nSPS) is 13.5. The zero-order chi connectivity index (χ0) is 21.8. The van der Waals surface area contributed by atoms with Crippen LogP contribution in [0.25, 0.3) is 5.57 Å². The quantitative estimate of drug-likeness (QED) is 0.595. The lowest BCUT2D eigenvalue weighted by atomic mass is 10.0. The molecule has 2 heterocycles. The highest BCUT2D eigenvalue weighted by atomic mass is 16.5. The number of carbonyl (C=O) groups excluding carboxylic acids is 2. The molecule has 0 atom stereocenters. The lowest BCUT2D eigenvalue weighted by molar-refractivity contribution is -0.137. The van der Waals surface area contributed by atoms with Crippen molar-refractivity contribution in [2.24, 2.45) is 0 Å². The number of imide groups is 1. The molecule has 1 aliphatic rings. The fourth-order valence-corrected chi connectivity index (χ4v) is 3.44. The van der Waals surface area contributed by atoms with Crippen LogP contribution in [-0.4, -0.2) is 35.9 Å². The predicted octanol–water partition coefficient (Wildman–Crippen LogP) is 3.49. The van der Waals surface area contributed by atoms with Gasteiger partial charge in [0.05, 0.1) is 26.3 Å². The molecule has 0 spiro atoms. The topological polar surface area (TPSA) is 80.8 Å². The Labute approximate surface area is 179 Å². The summed E-state index contributed by atoms with van der Waals surface area (Å²) in [6.45, 7) is 0.127. The van der Waals surface area contributed by atoms with Gasteiger partial charge in [-0.1, -0.05) is 30.3 Å². The molecule has 0 saturated carbocycles. The first-order valence-electron chi connectivity index (χ1n) is 9.66. The van der Waals surface area contributed by atoms with Crippen molar-refractivity contribution in [2.75, 3.05) is 19.5 Å². The molecule has 2 aromatic carbocycles. The predicted molar refractivity (Wildman–Crippen MR) is 116 cm³/mol. The van der Waals surface area contributed by atoms with Gasteiger partial charge in [-0.2, -0.15) is 0 Å². The summed E-state index contributed by atoms with van der Waals surface area (Å²) in [6.07, 6.45) is 3.28. The second-order valence-corrected chi connectivity index (χ2v) is 6.87. The van der Waals surface area contributed by atoms with Crippen LogP contribution in [0.3, 0.4) is 0 Å². The summed E-state index contributed by atoms with van der Waals surface area (Å²) >= 11 is 0. The number of rotatable bonds is 7. The number of methoxy groups -OCH3 is 2. The van der Waals surface area contributed by atoms with Crippen molar-refractivity contribution >= 4 is 23.1 Å². The first-order chi connectivity index (χ1) is 15.1. The van der Waals surface area contributed by atoms with E-state index in [2.05, 4.69) is 10.3 Å². The van der Waals surface area contributed by atoms with Crippen LogP contribution in [0.4, 0.5) is 5.69 Å². The lowest BCUT2D eigenvalue weighted by Crippen LogP contribution is -2.32. The van der Waals surface area contributed by atoms with Crippen molar-refractivity contribution in [1.29, 1.82) is 0 Å². The molecular weight excluding hydrogens is 394 g/mol. The Bertz CT molecular complexity index is 1140. The highest BCUT2D eigenvalue weighted by molar-refractivity contribution is 6.36. The first-order valence-corrected chi connectivity index (χ1v) is 9.66. The van der Waals surface area contributed by atoms with E-state index in [9.17, 15) is 9.59 Å². The van der Waals surface area contributed by atoms with Gasteiger partial charge in [-0.3, -0.25) is 19.5 Å². The number of hydrogen-bond acceptors (Lipinski definition) is 6. The fraction of sp³-hybridized carbons (Fsp3) is 0.125. The number of para-hydroxylation sites is 1. The SMILES string of the molecule is COc1ccc(C2=C(Nc3ccccc3)C(=O)N(Cc3cccnc3)C2=O)cc1OC. The van der Waals surface area contributed by atoms with Crippen LogP contribution in [0.5, 0.6) is 11.5 Å². The number of hydrogen-bond donors (Lipinski definition) is 1. The third-order valence-corrected chi connectivity index (χ3v) is 4.95. The minimum absolute atomic E-state index is 0.127. The van der Waals surface area contributed by atoms with Gasteiger partial charge in [0, 0.05) is 18.1 Å². The van der Waals surface area contributed by atoms with Crippen LogP contribution in [0, 0.1) is 0 Å². The molecule has 3 aromatic rings. The Morgan fingerprint density at radius 2 is 1.68 bits per heavy atom. The molecule has 0 bridgehead atoms. The number of aromatic nitrogens is 1. The second-order valence-electron chi connectivity index (χ2n) is 6.87. The maximum atomic E-state index is 13.4. The molecule has 31 heavy (non-hydrogen) atoms. The number of amides is 2. The minimum atomic E-state index is -0.400. The highest BCUT2D eigenvalue weighted by Crippen LogP contribution is 2.36. The maximum Gasteiger partial charge on any atom is 0.278 e. The smallest absolute Gasteiger partial charge is 0.278 e. The molecule has 0 unspecified atom stereocenters. The molecule has 0 radical (unpaired) electrons. The van der Waals surface area contributed by atoms with E-state index in [1.165, 1.54) is 12.0 Å². The van der Waals surface area contributed by atoms with E-state index in [4.69, 9.17) is 9.47 Å². The van der Waals surface area contributed by atoms with Crippen molar-refractivity contribution < 1.29 is 19.1 Å². The van der Waals surface area contributed by atoms with Gasteiger partial charge >= 0.3 is 0 Å². The molecular formula is C24H21N3O4. The Kier molecular flexibility index (Phi) is 5.66. The van der Waals surface area contributed by atoms with Gasteiger partial charge in [-0.15, -0.1) is 0 Å². The van der Waals surface area contributed by atoms with Gasteiger partial charge in [0.15, 0.2) is 11.5 Å². The van der Waals surface area contributed by atoms with Crippen LogP contribution >= 0.6 is 0 Å². The number of nitrogens with zero attached hydrogens (tertiary/aromatic N) is 2.